The van der Waals surface area contributed by atoms with Gasteiger partial charge >= 0.3 is 5.97 Å². The van der Waals surface area contributed by atoms with E-state index in [9.17, 15) is 4.79 Å². The number of aryl methyl sites for hydroxylation is 1. The molecule has 0 unspecified atom stereocenters. The van der Waals surface area contributed by atoms with Gasteiger partial charge in [0, 0.05) is 6.42 Å². The second-order valence-electron chi connectivity index (χ2n) is 4.47. The number of hydrogen-bond donors (Lipinski definition) is 0. The van der Waals surface area contributed by atoms with E-state index in [0.717, 1.165) is 18.6 Å². The number of hydrogen-bond acceptors (Lipinski definition) is 3. The van der Waals surface area contributed by atoms with Gasteiger partial charge in [0.05, 0.1) is 12.7 Å². The fourth-order valence-corrected chi connectivity index (χ4v) is 1.68. The van der Waals surface area contributed by atoms with Crippen LogP contribution in [-0.2, 0) is 16.0 Å². The summed E-state index contributed by atoms with van der Waals surface area (Å²) in [7, 11) is 0. The Morgan fingerprint density at radius 1 is 1.22 bits per heavy atom. The molecular weight excluding hydrogens is 228 g/mol. The van der Waals surface area contributed by atoms with Crippen molar-refractivity contribution in [2.75, 3.05) is 6.61 Å². The molecule has 0 bridgehead atoms. The summed E-state index contributed by atoms with van der Waals surface area (Å²) in [6.45, 7) is 6.30. The minimum Gasteiger partial charge on any atom is -0.491 e. The van der Waals surface area contributed by atoms with Crippen LogP contribution in [0.1, 0.15) is 39.2 Å². The van der Waals surface area contributed by atoms with Crippen LogP contribution in [0.4, 0.5) is 0 Å². The summed E-state index contributed by atoms with van der Waals surface area (Å²) in [6.07, 6.45) is 2.39. The van der Waals surface area contributed by atoms with Crippen molar-refractivity contribution in [3.8, 4) is 5.75 Å². The molecular formula is C15H22O3. The third kappa shape index (κ3) is 5.71. The average molecular weight is 250 g/mol. The van der Waals surface area contributed by atoms with Gasteiger partial charge in [-0.2, -0.15) is 0 Å². The van der Waals surface area contributed by atoms with Crippen LogP contribution >= 0.6 is 0 Å². The highest BCUT2D eigenvalue weighted by Gasteiger charge is 2.02. The first-order valence-electron chi connectivity index (χ1n) is 6.53. The molecule has 0 aliphatic heterocycles. The molecule has 1 aromatic carbocycles. The first kappa shape index (κ1) is 14.6. The quantitative estimate of drug-likeness (QED) is 0.696. The lowest BCUT2D eigenvalue weighted by atomic mass is 10.1. The molecule has 1 rings (SSSR count). The Kier molecular flexibility index (Phi) is 6.26. The maximum atomic E-state index is 11.2. The van der Waals surface area contributed by atoms with Crippen molar-refractivity contribution in [1.29, 1.82) is 0 Å². The normalized spacial score (nSPS) is 10.4. The minimum absolute atomic E-state index is 0.114. The largest absolute Gasteiger partial charge is 0.491 e. The molecule has 0 fully saturated rings. The van der Waals surface area contributed by atoms with Crippen LogP contribution in [0.5, 0.6) is 5.75 Å². The van der Waals surface area contributed by atoms with E-state index >= 15 is 0 Å². The van der Waals surface area contributed by atoms with Gasteiger partial charge in [0.15, 0.2) is 0 Å². The van der Waals surface area contributed by atoms with Crippen LogP contribution in [0.25, 0.3) is 0 Å². The van der Waals surface area contributed by atoms with Crippen LogP contribution < -0.4 is 4.74 Å². The predicted octanol–water partition coefficient (Wildman–Crippen LogP) is 3.36. The maximum Gasteiger partial charge on any atom is 0.305 e. The van der Waals surface area contributed by atoms with Crippen molar-refractivity contribution in [2.24, 2.45) is 0 Å². The number of carbonyl (C=O) groups excluding carboxylic acids is 1. The minimum atomic E-state index is -0.114. The van der Waals surface area contributed by atoms with E-state index in [4.69, 9.17) is 9.47 Å². The van der Waals surface area contributed by atoms with E-state index in [-0.39, 0.29) is 12.1 Å². The smallest absolute Gasteiger partial charge is 0.305 e. The Morgan fingerprint density at radius 2 is 1.89 bits per heavy atom. The zero-order valence-electron chi connectivity index (χ0n) is 11.4. The molecule has 0 aromatic heterocycles. The van der Waals surface area contributed by atoms with E-state index in [2.05, 4.69) is 0 Å². The molecule has 0 radical (unpaired) electrons. The van der Waals surface area contributed by atoms with Gasteiger partial charge in [0.1, 0.15) is 5.75 Å². The molecule has 0 atom stereocenters. The lowest BCUT2D eigenvalue weighted by molar-refractivity contribution is -0.143. The number of benzene rings is 1. The molecule has 18 heavy (non-hydrogen) atoms. The van der Waals surface area contributed by atoms with Crippen LogP contribution in [0.3, 0.4) is 0 Å². The summed E-state index contributed by atoms with van der Waals surface area (Å²) in [6, 6.07) is 8.03. The number of ether oxygens (including phenoxy) is 2. The van der Waals surface area contributed by atoms with E-state index in [1.54, 1.807) is 0 Å². The third-order valence-corrected chi connectivity index (χ3v) is 2.45. The molecule has 3 nitrogen and oxygen atoms in total. The molecule has 1 aromatic rings. The molecule has 100 valence electrons. The summed E-state index contributed by atoms with van der Waals surface area (Å²) in [5.74, 6) is 0.774. The summed E-state index contributed by atoms with van der Waals surface area (Å²) in [5, 5.41) is 0. The van der Waals surface area contributed by atoms with Gasteiger partial charge in [0.2, 0.25) is 0 Å². The molecule has 0 aliphatic carbocycles. The van der Waals surface area contributed by atoms with Crippen molar-refractivity contribution in [3.63, 3.8) is 0 Å². The molecule has 0 heterocycles. The van der Waals surface area contributed by atoms with E-state index in [0.29, 0.717) is 13.0 Å². The second kappa shape index (κ2) is 7.75. The zero-order valence-corrected chi connectivity index (χ0v) is 11.4. The van der Waals surface area contributed by atoms with Gasteiger partial charge < -0.3 is 9.47 Å². The van der Waals surface area contributed by atoms with Crippen LogP contribution in [0, 0.1) is 0 Å². The van der Waals surface area contributed by atoms with E-state index < -0.39 is 0 Å². The lowest BCUT2D eigenvalue weighted by Crippen LogP contribution is -2.05. The standard InChI is InChI=1S/C15H22O3/c1-4-17-15(16)7-5-6-13-8-10-14(11-9-13)18-12(2)3/h8-12H,4-7H2,1-3H3. The fraction of sp³-hybridized carbons (Fsp3) is 0.533. The Morgan fingerprint density at radius 3 is 2.44 bits per heavy atom. The zero-order chi connectivity index (χ0) is 13.4. The highest BCUT2D eigenvalue weighted by atomic mass is 16.5. The fourth-order valence-electron chi connectivity index (χ4n) is 1.68. The molecule has 0 saturated heterocycles. The highest BCUT2D eigenvalue weighted by molar-refractivity contribution is 5.69. The molecule has 0 spiro atoms. The van der Waals surface area contributed by atoms with Gasteiger partial charge in [0.25, 0.3) is 0 Å². The highest BCUT2D eigenvalue weighted by Crippen LogP contribution is 2.15. The van der Waals surface area contributed by atoms with Crippen molar-refractivity contribution < 1.29 is 14.3 Å². The van der Waals surface area contributed by atoms with Crippen molar-refractivity contribution in [2.45, 2.75) is 46.1 Å². The van der Waals surface area contributed by atoms with Gasteiger partial charge in [-0.3, -0.25) is 4.79 Å². The summed E-state index contributed by atoms with van der Waals surface area (Å²) < 4.78 is 10.5. The second-order valence-corrected chi connectivity index (χ2v) is 4.47. The van der Waals surface area contributed by atoms with Gasteiger partial charge in [-0.05, 0) is 51.3 Å². The van der Waals surface area contributed by atoms with Gasteiger partial charge in [-0.1, -0.05) is 12.1 Å². The average Bonchev–Trinajstić information content (AvgIpc) is 2.31. The number of carbonyl (C=O) groups is 1. The predicted molar refractivity (Wildman–Crippen MR) is 71.8 cm³/mol. The van der Waals surface area contributed by atoms with Crippen molar-refractivity contribution >= 4 is 5.97 Å². The molecule has 0 aliphatic rings. The molecule has 0 saturated carbocycles. The first-order chi connectivity index (χ1) is 8.61. The van der Waals surface area contributed by atoms with E-state index in [1.165, 1.54) is 5.56 Å². The maximum absolute atomic E-state index is 11.2. The number of esters is 1. The first-order valence-corrected chi connectivity index (χ1v) is 6.53. The third-order valence-electron chi connectivity index (χ3n) is 2.45. The SMILES string of the molecule is CCOC(=O)CCCc1ccc(OC(C)C)cc1. The van der Waals surface area contributed by atoms with Gasteiger partial charge in [-0.15, -0.1) is 0 Å². The van der Waals surface area contributed by atoms with Crippen molar-refractivity contribution in [1.82, 2.24) is 0 Å². The topological polar surface area (TPSA) is 35.5 Å². The van der Waals surface area contributed by atoms with Crippen LogP contribution in [0.2, 0.25) is 0 Å². The Labute approximate surface area is 109 Å². The summed E-state index contributed by atoms with van der Waals surface area (Å²) in [4.78, 5) is 11.2. The Balaban J connectivity index is 2.33. The monoisotopic (exact) mass is 250 g/mol. The van der Waals surface area contributed by atoms with E-state index in [1.807, 2.05) is 45.0 Å². The molecule has 3 heteroatoms. The Bertz CT molecular complexity index is 355. The molecule has 0 N–H and O–H groups in total. The van der Waals surface area contributed by atoms with Crippen LogP contribution in [-0.4, -0.2) is 18.7 Å². The van der Waals surface area contributed by atoms with Crippen molar-refractivity contribution in [3.05, 3.63) is 29.8 Å². The molecule has 0 amide bonds. The van der Waals surface area contributed by atoms with Crippen LogP contribution in [0.15, 0.2) is 24.3 Å². The Hall–Kier alpha value is -1.51. The summed E-state index contributed by atoms with van der Waals surface area (Å²) >= 11 is 0. The van der Waals surface area contributed by atoms with Gasteiger partial charge in [-0.25, -0.2) is 0 Å². The number of rotatable bonds is 7. The summed E-state index contributed by atoms with van der Waals surface area (Å²) in [5.41, 5.74) is 1.22. The lowest BCUT2D eigenvalue weighted by Gasteiger charge is -2.10.